The average molecular weight is 413 g/mol. The van der Waals surface area contributed by atoms with Crippen LogP contribution in [0.3, 0.4) is 0 Å². The van der Waals surface area contributed by atoms with E-state index < -0.39 is 22.6 Å². The van der Waals surface area contributed by atoms with Gasteiger partial charge >= 0.3 is 6.09 Å². The summed E-state index contributed by atoms with van der Waals surface area (Å²) in [5.41, 5.74) is 3.11. The summed E-state index contributed by atoms with van der Waals surface area (Å²) in [6.45, 7) is 4.57. The molecule has 0 radical (unpaired) electrons. The summed E-state index contributed by atoms with van der Waals surface area (Å²) in [6.07, 6.45) is 1.42. The van der Waals surface area contributed by atoms with Crippen LogP contribution in [0.5, 0.6) is 0 Å². The number of fused-ring (bicyclic) bond motifs is 2. The number of hydrogen-bond donors (Lipinski definition) is 2. The van der Waals surface area contributed by atoms with Gasteiger partial charge in [0.05, 0.1) is 10.4 Å². The Kier molecular flexibility index (Phi) is 4.04. The van der Waals surface area contributed by atoms with Gasteiger partial charge in [-0.25, -0.2) is 17.7 Å². The Morgan fingerprint density at radius 1 is 1.31 bits per heavy atom. The van der Waals surface area contributed by atoms with Crippen molar-refractivity contribution in [2.75, 3.05) is 13.2 Å². The lowest BCUT2D eigenvalue weighted by Gasteiger charge is -2.29. The largest absolute Gasteiger partial charge is 0.447 e. The Bertz CT molecular complexity index is 1180. The van der Waals surface area contributed by atoms with E-state index in [1.807, 2.05) is 36.5 Å². The second-order valence-electron chi connectivity index (χ2n) is 7.91. The van der Waals surface area contributed by atoms with Gasteiger partial charge in [0.1, 0.15) is 23.4 Å². The van der Waals surface area contributed by atoms with Gasteiger partial charge in [0.2, 0.25) is 0 Å². The van der Waals surface area contributed by atoms with E-state index in [-0.39, 0.29) is 18.5 Å². The number of aromatic nitrogens is 1. The van der Waals surface area contributed by atoms with Crippen LogP contribution in [0.25, 0.3) is 22.0 Å². The molecule has 2 N–H and O–H groups in total. The van der Waals surface area contributed by atoms with Gasteiger partial charge in [-0.2, -0.15) is 0 Å². The zero-order chi connectivity index (χ0) is 20.3. The van der Waals surface area contributed by atoms with Gasteiger partial charge in [0, 0.05) is 35.2 Å². The van der Waals surface area contributed by atoms with E-state index in [1.54, 1.807) is 6.07 Å². The highest BCUT2D eigenvalue weighted by atomic mass is 32.2. The van der Waals surface area contributed by atoms with E-state index in [9.17, 15) is 13.4 Å². The zero-order valence-electron chi connectivity index (χ0n) is 16.0. The number of amides is 1. The second kappa shape index (κ2) is 6.40. The van der Waals surface area contributed by atoms with Gasteiger partial charge in [-0.1, -0.05) is 6.07 Å². The average Bonchev–Trinajstić information content (AvgIpc) is 3.33. The monoisotopic (exact) mass is 413 g/mol. The number of nitrogens with one attached hydrogen (secondary N) is 2. The molecule has 6 nitrogen and oxygen atoms in total. The lowest BCUT2D eigenvalue weighted by molar-refractivity contribution is 0.169. The fourth-order valence-corrected chi connectivity index (χ4v) is 5.80. The number of cyclic esters (lactones) is 1. The predicted molar refractivity (Wildman–Crippen MR) is 108 cm³/mol. The molecule has 1 fully saturated rings. The van der Waals surface area contributed by atoms with Gasteiger partial charge in [-0.3, -0.25) is 0 Å². The van der Waals surface area contributed by atoms with Crippen LogP contribution in [0, 0.1) is 5.82 Å². The van der Waals surface area contributed by atoms with Crippen molar-refractivity contribution in [3.05, 3.63) is 54.0 Å². The van der Waals surface area contributed by atoms with E-state index in [1.165, 1.54) is 12.1 Å². The molecule has 3 heterocycles. The maximum absolute atomic E-state index is 13.5. The molecule has 0 aliphatic carbocycles. The number of alkyl carbamates (subject to hydrolysis) is 1. The van der Waals surface area contributed by atoms with Crippen molar-refractivity contribution in [1.82, 2.24) is 14.6 Å². The lowest BCUT2D eigenvalue weighted by atomic mass is 9.98. The van der Waals surface area contributed by atoms with Crippen molar-refractivity contribution in [2.24, 2.45) is 0 Å². The third-order valence-electron chi connectivity index (χ3n) is 5.68. The quantitative estimate of drug-likeness (QED) is 0.685. The summed E-state index contributed by atoms with van der Waals surface area (Å²) < 4.78 is 33.5. The van der Waals surface area contributed by atoms with Crippen molar-refractivity contribution >= 4 is 28.0 Å². The van der Waals surface area contributed by atoms with Crippen LogP contribution in [0.4, 0.5) is 9.18 Å². The van der Waals surface area contributed by atoms with Gasteiger partial charge < -0.3 is 15.0 Å². The number of carbonyl (C=O) groups is 1. The van der Waals surface area contributed by atoms with E-state index in [2.05, 4.69) is 16.4 Å². The Morgan fingerprint density at radius 2 is 2.14 bits per heavy atom. The molecule has 3 atom stereocenters. The minimum Gasteiger partial charge on any atom is -0.447 e. The first-order valence-corrected chi connectivity index (χ1v) is 10.5. The molecule has 1 amide bonds. The molecule has 2 aromatic carbocycles. The Hall–Kier alpha value is -2.71. The molecule has 3 unspecified atom stereocenters. The normalized spacial score (nSPS) is 26.5. The van der Waals surface area contributed by atoms with Gasteiger partial charge in [0.15, 0.2) is 0 Å². The van der Waals surface area contributed by atoms with E-state index >= 15 is 0 Å². The molecule has 29 heavy (non-hydrogen) atoms. The highest BCUT2D eigenvalue weighted by molar-refractivity contribution is 7.83. The first-order chi connectivity index (χ1) is 13.8. The Balaban J connectivity index is 1.49. The Morgan fingerprint density at radius 3 is 2.90 bits per heavy atom. The fraction of sp³-hybridized carbons (Fsp3) is 0.286. The molecular weight excluding hydrogens is 393 g/mol. The summed E-state index contributed by atoms with van der Waals surface area (Å²) in [7, 11) is -1.32. The number of benzene rings is 2. The number of halogens is 1. The molecule has 5 rings (SSSR count). The van der Waals surface area contributed by atoms with Crippen LogP contribution in [0.15, 0.2) is 47.5 Å². The smallest absolute Gasteiger partial charge is 0.407 e. The first kappa shape index (κ1) is 18.3. The molecule has 3 aromatic rings. The molecule has 8 heteroatoms. The number of carbonyl (C=O) groups excluding carboxylic acids is 1. The molecule has 0 saturated carbocycles. The highest BCUT2D eigenvalue weighted by Crippen LogP contribution is 2.41. The Labute approximate surface area is 169 Å². The SMILES string of the molecule is CC1c2cc(-c3c[nH]c4cc(F)ccc34)ccc2S(=O)N1CC1(C)COC(=O)N1. The number of H-pyrrole nitrogens is 1. The standard InChI is InChI=1S/C21H20FN3O3S/c1-12-16-7-13(17-9-23-18-8-14(22)4-5-15(17)18)3-6-19(16)29(27)25(12)10-21(2)11-28-20(26)24-21/h3-9,12,23H,10-11H2,1-2H3,(H,24,26). The molecule has 1 aromatic heterocycles. The van der Waals surface area contributed by atoms with Crippen molar-refractivity contribution < 1.29 is 18.1 Å². The topological polar surface area (TPSA) is 74.4 Å². The number of ether oxygens (including phenoxy) is 1. The number of aromatic amines is 1. The molecule has 1 saturated heterocycles. The van der Waals surface area contributed by atoms with Gasteiger partial charge in [0.25, 0.3) is 0 Å². The maximum Gasteiger partial charge on any atom is 0.407 e. The molecule has 0 bridgehead atoms. The van der Waals surface area contributed by atoms with E-state index in [0.29, 0.717) is 6.54 Å². The molecule has 2 aliphatic rings. The summed E-state index contributed by atoms with van der Waals surface area (Å²) >= 11 is 0. The third kappa shape index (κ3) is 2.94. The molecule has 150 valence electrons. The van der Waals surface area contributed by atoms with E-state index in [0.717, 1.165) is 32.5 Å². The van der Waals surface area contributed by atoms with Crippen molar-refractivity contribution in [1.29, 1.82) is 0 Å². The van der Waals surface area contributed by atoms with Crippen LogP contribution in [0.1, 0.15) is 25.5 Å². The van der Waals surface area contributed by atoms with Crippen LogP contribution in [-0.4, -0.2) is 38.3 Å². The van der Waals surface area contributed by atoms with Crippen molar-refractivity contribution in [2.45, 2.75) is 30.3 Å². The number of rotatable bonds is 3. The van der Waals surface area contributed by atoms with Crippen molar-refractivity contribution in [3.63, 3.8) is 0 Å². The summed E-state index contributed by atoms with van der Waals surface area (Å²) in [5, 5.41) is 3.75. The van der Waals surface area contributed by atoms with Crippen LogP contribution in [0.2, 0.25) is 0 Å². The predicted octanol–water partition coefficient (Wildman–Crippen LogP) is 3.87. The highest BCUT2D eigenvalue weighted by Gasteiger charge is 2.42. The van der Waals surface area contributed by atoms with Gasteiger partial charge in [-0.05, 0) is 55.3 Å². The summed E-state index contributed by atoms with van der Waals surface area (Å²) in [6, 6.07) is 10.5. The number of nitrogens with zero attached hydrogens (tertiary/aromatic N) is 1. The second-order valence-corrected chi connectivity index (χ2v) is 9.31. The third-order valence-corrected chi connectivity index (χ3v) is 7.30. The summed E-state index contributed by atoms with van der Waals surface area (Å²) in [5.74, 6) is -0.281. The zero-order valence-corrected chi connectivity index (χ0v) is 16.8. The van der Waals surface area contributed by atoms with Crippen LogP contribution in [-0.2, 0) is 15.7 Å². The minimum absolute atomic E-state index is 0.0808. The maximum atomic E-state index is 13.5. The lowest BCUT2D eigenvalue weighted by Crippen LogP contribution is -2.50. The summed E-state index contributed by atoms with van der Waals surface area (Å²) in [4.78, 5) is 15.4. The number of hydrogen-bond acceptors (Lipinski definition) is 3. The first-order valence-electron chi connectivity index (χ1n) is 9.39. The van der Waals surface area contributed by atoms with Crippen molar-refractivity contribution in [3.8, 4) is 11.1 Å². The molecule has 0 spiro atoms. The van der Waals surface area contributed by atoms with E-state index in [4.69, 9.17) is 4.74 Å². The molecular formula is C21H20FN3O3S. The minimum atomic E-state index is -1.32. The fourth-order valence-electron chi connectivity index (χ4n) is 4.13. The van der Waals surface area contributed by atoms with Crippen LogP contribution >= 0.6 is 0 Å². The molecule has 2 aliphatic heterocycles. The van der Waals surface area contributed by atoms with Gasteiger partial charge in [-0.15, -0.1) is 0 Å². The van der Waals surface area contributed by atoms with Crippen LogP contribution < -0.4 is 5.32 Å².